The summed E-state index contributed by atoms with van der Waals surface area (Å²) in [7, 11) is 0. The predicted molar refractivity (Wildman–Crippen MR) is 75.5 cm³/mol. The van der Waals surface area contributed by atoms with Gasteiger partial charge >= 0.3 is 0 Å². The molecule has 0 bridgehead atoms. The monoisotopic (exact) mass is 250 g/mol. The molecule has 1 aromatic rings. The van der Waals surface area contributed by atoms with Crippen LogP contribution in [0.4, 0.5) is 0 Å². The van der Waals surface area contributed by atoms with Gasteiger partial charge in [0.15, 0.2) is 5.78 Å². The first-order valence-corrected chi connectivity index (χ1v) is 6.50. The predicted octanol–water partition coefficient (Wildman–Crippen LogP) is 4.62. The first-order valence-electron chi connectivity index (χ1n) is 6.50. The van der Waals surface area contributed by atoms with E-state index in [1.807, 2.05) is 50.2 Å². The van der Waals surface area contributed by atoms with Crippen molar-refractivity contribution in [2.45, 2.75) is 13.8 Å². The molecule has 4 rings (SSSR count). The van der Waals surface area contributed by atoms with Gasteiger partial charge in [-0.2, -0.15) is 0 Å². The molecule has 94 valence electrons. The van der Waals surface area contributed by atoms with Gasteiger partial charge in [-0.15, -0.1) is 0 Å². The van der Waals surface area contributed by atoms with Gasteiger partial charge in [0.05, 0.1) is 11.8 Å². The summed E-state index contributed by atoms with van der Waals surface area (Å²) < 4.78 is 5.40. The molecule has 3 aliphatic carbocycles. The van der Waals surface area contributed by atoms with Crippen LogP contribution in [0.25, 0.3) is 22.5 Å². The van der Waals surface area contributed by atoms with Crippen LogP contribution in [0.1, 0.15) is 29.8 Å². The van der Waals surface area contributed by atoms with E-state index in [1.54, 1.807) is 12.3 Å². The van der Waals surface area contributed by atoms with E-state index in [9.17, 15) is 4.79 Å². The first-order chi connectivity index (χ1) is 9.36. The minimum absolute atomic E-state index is 0.0740. The van der Waals surface area contributed by atoms with Gasteiger partial charge in [0.1, 0.15) is 5.76 Å². The second kappa shape index (κ2) is 4.39. The van der Waals surface area contributed by atoms with Gasteiger partial charge in [0, 0.05) is 11.1 Å². The molecule has 2 nitrogen and oxygen atoms in total. The highest BCUT2D eigenvalue weighted by Crippen LogP contribution is 2.45. The molecule has 0 saturated heterocycles. The fourth-order valence-corrected chi connectivity index (χ4v) is 2.54. The molecule has 0 N–H and O–H groups in total. The second-order valence-electron chi connectivity index (χ2n) is 4.21. The summed E-state index contributed by atoms with van der Waals surface area (Å²) >= 11 is 0. The molecule has 1 aromatic heterocycles. The molecule has 1 heterocycles. The van der Waals surface area contributed by atoms with Gasteiger partial charge in [0.2, 0.25) is 0 Å². The summed E-state index contributed by atoms with van der Waals surface area (Å²) in [5.41, 5.74) is 4.47. The largest absolute Gasteiger partial charge is 0.464 e. The van der Waals surface area contributed by atoms with E-state index >= 15 is 0 Å². The van der Waals surface area contributed by atoms with Crippen molar-refractivity contribution in [3.63, 3.8) is 0 Å². The van der Waals surface area contributed by atoms with E-state index in [0.29, 0.717) is 11.3 Å². The Kier molecular flexibility index (Phi) is 2.71. The van der Waals surface area contributed by atoms with Crippen LogP contribution in [0.5, 0.6) is 0 Å². The van der Waals surface area contributed by atoms with Gasteiger partial charge < -0.3 is 4.42 Å². The molecule has 0 atom stereocenters. The average molecular weight is 250 g/mol. The molecule has 0 spiro atoms. The van der Waals surface area contributed by atoms with Crippen molar-refractivity contribution in [3.05, 3.63) is 59.9 Å². The molecule has 0 unspecified atom stereocenters. The molecule has 0 radical (unpaired) electrons. The van der Waals surface area contributed by atoms with Crippen molar-refractivity contribution >= 4 is 5.78 Å². The maximum atomic E-state index is 12.3. The number of hydrogen-bond acceptors (Lipinski definition) is 2. The van der Waals surface area contributed by atoms with Crippen molar-refractivity contribution in [2.24, 2.45) is 0 Å². The first kappa shape index (κ1) is 11.7. The van der Waals surface area contributed by atoms with Crippen LogP contribution < -0.4 is 0 Å². The SMILES string of the molecule is CC.O=C1c2ccoc2-c2cc3cccccc-3c21. The van der Waals surface area contributed by atoms with Crippen LogP contribution >= 0.6 is 0 Å². The zero-order valence-corrected chi connectivity index (χ0v) is 10.9. The van der Waals surface area contributed by atoms with Crippen molar-refractivity contribution in [3.8, 4) is 22.5 Å². The van der Waals surface area contributed by atoms with E-state index in [1.165, 1.54) is 0 Å². The molecule has 19 heavy (non-hydrogen) atoms. The molecule has 0 aliphatic heterocycles. The zero-order chi connectivity index (χ0) is 13.4. The number of carbonyl (C=O) groups excluding carboxylic acids is 1. The van der Waals surface area contributed by atoms with E-state index < -0.39 is 0 Å². The third-order valence-electron chi connectivity index (χ3n) is 3.29. The fourth-order valence-electron chi connectivity index (χ4n) is 2.54. The average Bonchev–Trinajstić information content (AvgIpc) is 3.05. The van der Waals surface area contributed by atoms with E-state index in [-0.39, 0.29) is 5.78 Å². The zero-order valence-electron chi connectivity index (χ0n) is 10.9. The lowest BCUT2D eigenvalue weighted by molar-refractivity contribution is 0.104. The van der Waals surface area contributed by atoms with Crippen LogP contribution in [0, 0.1) is 0 Å². The van der Waals surface area contributed by atoms with Gasteiger partial charge in [0.25, 0.3) is 0 Å². The quantitative estimate of drug-likeness (QED) is 0.455. The molecule has 0 fully saturated rings. The topological polar surface area (TPSA) is 30.2 Å². The van der Waals surface area contributed by atoms with Crippen LogP contribution in [-0.4, -0.2) is 5.78 Å². The number of furan rings is 1. The molecule has 0 saturated carbocycles. The Morgan fingerprint density at radius 3 is 2.53 bits per heavy atom. The highest BCUT2D eigenvalue weighted by molar-refractivity contribution is 6.25. The van der Waals surface area contributed by atoms with Gasteiger partial charge in [-0.1, -0.05) is 44.2 Å². The Morgan fingerprint density at radius 2 is 1.68 bits per heavy atom. The summed E-state index contributed by atoms with van der Waals surface area (Å²) in [5, 5.41) is 0. The second-order valence-corrected chi connectivity index (χ2v) is 4.21. The third-order valence-corrected chi connectivity index (χ3v) is 3.29. The Labute approximate surface area is 112 Å². The number of hydrogen-bond donors (Lipinski definition) is 0. The van der Waals surface area contributed by atoms with Crippen molar-refractivity contribution in [2.75, 3.05) is 0 Å². The van der Waals surface area contributed by atoms with E-state index in [2.05, 4.69) is 0 Å². The normalized spacial score (nSPS) is 11.8. The third kappa shape index (κ3) is 1.53. The van der Waals surface area contributed by atoms with Gasteiger partial charge in [-0.05, 0) is 23.3 Å². The number of rotatable bonds is 0. The van der Waals surface area contributed by atoms with Gasteiger partial charge in [-0.3, -0.25) is 4.79 Å². The number of ketones is 1. The standard InChI is InChI=1S/C15H8O2.C2H6/c16-14-11-6-7-17-15(11)12-8-9-4-2-1-3-5-10(9)13(12)14;1-2/h1-8H;1-2H3. The minimum atomic E-state index is 0.0740. The van der Waals surface area contributed by atoms with Crippen LogP contribution in [0.2, 0.25) is 0 Å². The number of fused-ring (bicyclic) bond motifs is 5. The van der Waals surface area contributed by atoms with Crippen molar-refractivity contribution in [1.29, 1.82) is 0 Å². The van der Waals surface area contributed by atoms with Crippen molar-refractivity contribution < 1.29 is 9.21 Å². The molecule has 2 heteroatoms. The molecular formula is C17H14O2. The Balaban J connectivity index is 0.000000528. The summed E-state index contributed by atoms with van der Waals surface area (Å²) in [6.07, 6.45) is 1.57. The van der Waals surface area contributed by atoms with Crippen LogP contribution in [0.15, 0.2) is 53.1 Å². The molecule has 0 aromatic carbocycles. The lowest BCUT2D eigenvalue weighted by Gasteiger charge is -1.95. The molecular weight excluding hydrogens is 236 g/mol. The lowest BCUT2D eigenvalue weighted by Crippen LogP contribution is -1.94. The summed E-state index contributed by atoms with van der Waals surface area (Å²) in [6, 6.07) is 13.7. The highest BCUT2D eigenvalue weighted by Gasteiger charge is 2.34. The van der Waals surface area contributed by atoms with Crippen LogP contribution in [-0.2, 0) is 0 Å². The van der Waals surface area contributed by atoms with Crippen LogP contribution in [0.3, 0.4) is 0 Å². The molecule has 0 amide bonds. The number of carbonyl (C=O) groups is 1. The highest BCUT2D eigenvalue weighted by atomic mass is 16.3. The maximum absolute atomic E-state index is 12.3. The lowest BCUT2D eigenvalue weighted by atomic mass is 10.1. The van der Waals surface area contributed by atoms with E-state index in [0.717, 1.165) is 22.3 Å². The van der Waals surface area contributed by atoms with Gasteiger partial charge in [-0.25, -0.2) is 0 Å². The summed E-state index contributed by atoms with van der Waals surface area (Å²) in [6.45, 7) is 4.00. The smallest absolute Gasteiger partial charge is 0.198 e. The summed E-state index contributed by atoms with van der Waals surface area (Å²) in [5.74, 6) is 0.786. The van der Waals surface area contributed by atoms with Crippen molar-refractivity contribution in [1.82, 2.24) is 0 Å². The summed E-state index contributed by atoms with van der Waals surface area (Å²) in [4.78, 5) is 12.3. The Morgan fingerprint density at radius 1 is 0.895 bits per heavy atom. The fraction of sp³-hybridized carbons (Fsp3) is 0.118. The maximum Gasteiger partial charge on any atom is 0.198 e. The molecule has 3 aliphatic rings. The van der Waals surface area contributed by atoms with E-state index in [4.69, 9.17) is 4.42 Å². The minimum Gasteiger partial charge on any atom is -0.464 e. The Bertz CT molecular complexity index is 722. The Hall–Kier alpha value is -2.35.